The Hall–Kier alpha value is -2.47. The van der Waals surface area contributed by atoms with Crippen molar-refractivity contribution in [2.75, 3.05) is 46.1 Å². The largest absolute Gasteiger partial charge is 0.384 e. The quantitative estimate of drug-likeness (QED) is 0.708. The van der Waals surface area contributed by atoms with E-state index in [1.165, 1.54) is 5.56 Å². The van der Waals surface area contributed by atoms with Gasteiger partial charge in [-0.25, -0.2) is 4.98 Å². The molecule has 2 heterocycles. The van der Waals surface area contributed by atoms with Crippen molar-refractivity contribution in [3.8, 4) is 0 Å². The third kappa shape index (κ3) is 6.51. The fourth-order valence-electron chi connectivity index (χ4n) is 2.40. The van der Waals surface area contributed by atoms with Gasteiger partial charge in [-0.1, -0.05) is 0 Å². The van der Waals surface area contributed by atoms with Crippen LogP contribution in [0, 0.1) is 0 Å². The van der Waals surface area contributed by atoms with E-state index in [-0.39, 0.29) is 5.91 Å². The summed E-state index contributed by atoms with van der Waals surface area (Å²) in [5.41, 5.74) is 2.57. The highest BCUT2D eigenvalue weighted by Gasteiger charge is 2.12. The van der Waals surface area contributed by atoms with Crippen LogP contribution in [0.3, 0.4) is 0 Å². The summed E-state index contributed by atoms with van der Waals surface area (Å²) in [5, 5.41) is 3.32. The number of amides is 1. The normalized spacial score (nSPS) is 10.7. The van der Waals surface area contributed by atoms with Gasteiger partial charge < -0.3 is 15.1 Å². The van der Waals surface area contributed by atoms with Gasteiger partial charge in [0, 0.05) is 32.5 Å². The van der Waals surface area contributed by atoms with E-state index in [9.17, 15) is 4.79 Å². The van der Waals surface area contributed by atoms with Crippen LogP contribution in [0.2, 0.25) is 0 Å². The lowest BCUT2D eigenvalue weighted by atomic mass is 10.2. The van der Waals surface area contributed by atoms with Gasteiger partial charge in [-0.3, -0.25) is 9.78 Å². The average molecular weight is 341 g/mol. The number of aromatic nitrogens is 2. The second-order valence-electron chi connectivity index (χ2n) is 6.35. The lowest BCUT2D eigenvalue weighted by Crippen LogP contribution is -2.29. The number of carbonyl (C=O) groups is 1. The SMILES string of the molecule is CN(C)CCCNc1ccc(C(=O)N(C)CCc2ccncc2)nc1. The second kappa shape index (κ2) is 9.74. The Morgan fingerprint density at radius 2 is 1.84 bits per heavy atom. The van der Waals surface area contributed by atoms with Crippen LogP contribution in [0.4, 0.5) is 5.69 Å². The molecule has 0 aliphatic rings. The van der Waals surface area contributed by atoms with E-state index in [1.54, 1.807) is 36.6 Å². The fourth-order valence-corrected chi connectivity index (χ4v) is 2.40. The van der Waals surface area contributed by atoms with Gasteiger partial charge in [-0.05, 0) is 63.3 Å². The van der Waals surface area contributed by atoms with Gasteiger partial charge in [-0.15, -0.1) is 0 Å². The van der Waals surface area contributed by atoms with Crippen molar-refractivity contribution in [2.24, 2.45) is 0 Å². The summed E-state index contributed by atoms with van der Waals surface area (Å²) < 4.78 is 0. The number of pyridine rings is 2. The van der Waals surface area contributed by atoms with E-state index < -0.39 is 0 Å². The molecule has 0 unspecified atom stereocenters. The summed E-state index contributed by atoms with van der Waals surface area (Å²) in [4.78, 5) is 24.6. The molecule has 2 rings (SSSR count). The van der Waals surface area contributed by atoms with Gasteiger partial charge in [0.15, 0.2) is 0 Å². The standard InChI is InChI=1S/C19H27N5O/c1-23(2)13-4-10-21-17-5-6-18(22-15-17)19(25)24(3)14-9-16-7-11-20-12-8-16/h5-8,11-12,15,21H,4,9-10,13-14H2,1-3H3. The number of hydrogen-bond acceptors (Lipinski definition) is 5. The number of carbonyl (C=O) groups excluding carboxylic acids is 1. The van der Waals surface area contributed by atoms with Crippen molar-refractivity contribution >= 4 is 11.6 Å². The molecule has 2 aromatic rings. The highest BCUT2D eigenvalue weighted by Crippen LogP contribution is 2.09. The molecule has 0 fully saturated rings. The van der Waals surface area contributed by atoms with Gasteiger partial charge in [0.2, 0.25) is 0 Å². The maximum absolute atomic E-state index is 12.4. The Bertz CT molecular complexity index is 643. The third-order valence-corrected chi connectivity index (χ3v) is 3.93. The molecule has 2 aromatic heterocycles. The van der Waals surface area contributed by atoms with E-state index in [0.717, 1.165) is 31.6 Å². The zero-order valence-electron chi connectivity index (χ0n) is 15.3. The predicted molar refractivity (Wildman–Crippen MR) is 101 cm³/mol. The first-order chi connectivity index (χ1) is 12.1. The van der Waals surface area contributed by atoms with Crippen molar-refractivity contribution in [3.05, 3.63) is 54.1 Å². The fraction of sp³-hybridized carbons (Fsp3) is 0.421. The Morgan fingerprint density at radius 1 is 1.08 bits per heavy atom. The lowest BCUT2D eigenvalue weighted by Gasteiger charge is -2.17. The number of hydrogen-bond donors (Lipinski definition) is 1. The molecule has 0 atom stereocenters. The Balaban J connectivity index is 1.80. The molecule has 1 N–H and O–H groups in total. The minimum atomic E-state index is -0.0618. The highest BCUT2D eigenvalue weighted by atomic mass is 16.2. The summed E-state index contributed by atoms with van der Waals surface area (Å²) in [6.07, 6.45) is 7.12. The topological polar surface area (TPSA) is 61.4 Å². The first-order valence-corrected chi connectivity index (χ1v) is 8.55. The molecule has 0 saturated heterocycles. The predicted octanol–water partition coefficient (Wildman–Crippen LogP) is 2.15. The molecule has 134 valence electrons. The van der Waals surface area contributed by atoms with Crippen LogP contribution < -0.4 is 5.32 Å². The molecule has 0 aliphatic heterocycles. The van der Waals surface area contributed by atoms with Crippen molar-refractivity contribution in [1.29, 1.82) is 0 Å². The van der Waals surface area contributed by atoms with E-state index in [4.69, 9.17) is 0 Å². The molecule has 6 heteroatoms. The molecule has 1 amide bonds. The van der Waals surface area contributed by atoms with Crippen LogP contribution in [0.25, 0.3) is 0 Å². The monoisotopic (exact) mass is 341 g/mol. The molecule has 0 aromatic carbocycles. The zero-order valence-corrected chi connectivity index (χ0v) is 15.3. The summed E-state index contributed by atoms with van der Waals surface area (Å²) in [6.45, 7) is 2.58. The Morgan fingerprint density at radius 3 is 2.48 bits per heavy atom. The summed E-state index contributed by atoms with van der Waals surface area (Å²) in [7, 11) is 5.93. The molecule has 0 spiro atoms. The molecular formula is C19H27N5O. The van der Waals surface area contributed by atoms with Gasteiger partial charge >= 0.3 is 0 Å². The molecule has 6 nitrogen and oxygen atoms in total. The summed E-state index contributed by atoms with van der Waals surface area (Å²) in [5.74, 6) is -0.0618. The summed E-state index contributed by atoms with van der Waals surface area (Å²) in [6, 6.07) is 7.62. The highest BCUT2D eigenvalue weighted by molar-refractivity contribution is 5.92. The first kappa shape index (κ1) is 18.9. The molecule has 25 heavy (non-hydrogen) atoms. The van der Waals surface area contributed by atoms with Crippen LogP contribution in [-0.4, -0.2) is 66.5 Å². The number of nitrogens with zero attached hydrogens (tertiary/aromatic N) is 4. The van der Waals surface area contributed by atoms with Crippen LogP contribution in [0.15, 0.2) is 42.9 Å². The molecular weight excluding hydrogens is 314 g/mol. The first-order valence-electron chi connectivity index (χ1n) is 8.55. The average Bonchev–Trinajstić information content (AvgIpc) is 2.64. The lowest BCUT2D eigenvalue weighted by molar-refractivity contribution is 0.0791. The Labute approximate surface area is 149 Å². The molecule has 0 saturated carbocycles. The number of nitrogens with one attached hydrogen (secondary N) is 1. The minimum Gasteiger partial charge on any atom is -0.384 e. The van der Waals surface area contributed by atoms with Gasteiger partial charge in [0.05, 0.1) is 11.9 Å². The summed E-state index contributed by atoms with van der Waals surface area (Å²) >= 11 is 0. The van der Waals surface area contributed by atoms with E-state index in [1.807, 2.05) is 18.2 Å². The smallest absolute Gasteiger partial charge is 0.272 e. The van der Waals surface area contributed by atoms with Gasteiger partial charge in [0.25, 0.3) is 5.91 Å². The van der Waals surface area contributed by atoms with Crippen LogP contribution in [-0.2, 0) is 6.42 Å². The number of likely N-dealkylation sites (N-methyl/N-ethyl adjacent to an activating group) is 1. The van der Waals surface area contributed by atoms with Crippen molar-refractivity contribution in [1.82, 2.24) is 19.8 Å². The molecule has 0 radical (unpaired) electrons. The number of rotatable bonds is 9. The van der Waals surface area contributed by atoms with Crippen LogP contribution in [0.1, 0.15) is 22.5 Å². The molecule has 0 aliphatic carbocycles. The maximum Gasteiger partial charge on any atom is 0.272 e. The van der Waals surface area contributed by atoms with E-state index in [0.29, 0.717) is 12.2 Å². The Kier molecular flexibility index (Phi) is 7.35. The zero-order chi connectivity index (χ0) is 18.1. The van der Waals surface area contributed by atoms with Crippen molar-refractivity contribution in [3.63, 3.8) is 0 Å². The third-order valence-electron chi connectivity index (χ3n) is 3.93. The van der Waals surface area contributed by atoms with Gasteiger partial charge in [-0.2, -0.15) is 0 Å². The van der Waals surface area contributed by atoms with Crippen molar-refractivity contribution < 1.29 is 4.79 Å². The van der Waals surface area contributed by atoms with Crippen molar-refractivity contribution in [2.45, 2.75) is 12.8 Å². The number of anilines is 1. The van der Waals surface area contributed by atoms with Gasteiger partial charge in [0.1, 0.15) is 5.69 Å². The van der Waals surface area contributed by atoms with Crippen LogP contribution in [0.5, 0.6) is 0 Å². The maximum atomic E-state index is 12.4. The second-order valence-corrected chi connectivity index (χ2v) is 6.35. The minimum absolute atomic E-state index is 0.0618. The molecule has 0 bridgehead atoms. The van der Waals surface area contributed by atoms with Crippen LogP contribution >= 0.6 is 0 Å². The van der Waals surface area contributed by atoms with E-state index in [2.05, 4.69) is 34.3 Å². The van der Waals surface area contributed by atoms with E-state index >= 15 is 0 Å².